The number of piperazine rings is 1. The Bertz CT molecular complexity index is 1060. The highest BCUT2D eigenvalue weighted by Crippen LogP contribution is 2.42. The van der Waals surface area contributed by atoms with Crippen molar-refractivity contribution in [3.05, 3.63) is 64.8 Å². The number of likely N-dealkylation sites (N-methyl/N-ethyl adjacent to an activating group) is 1. The quantitative estimate of drug-likeness (QED) is 0.698. The highest BCUT2D eigenvalue weighted by Gasteiger charge is 2.43. The molecule has 0 bridgehead atoms. The molecular weight excluding hydrogens is 338 g/mol. The fourth-order valence-corrected chi connectivity index (χ4v) is 4.77. The van der Waals surface area contributed by atoms with Gasteiger partial charge in [-0.2, -0.15) is 0 Å². The van der Waals surface area contributed by atoms with Crippen LogP contribution in [0.3, 0.4) is 0 Å². The van der Waals surface area contributed by atoms with E-state index < -0.39 is 0 Å². The summed E-state index contributed by atoms with van der Waals surface area (Å²) in [6.45, 7) is 3.22. The van der Waals surface area contributed by atoms with Gasteiger partial charge in [-0.25, -0.2) is 0 Å². The number of aromatic hydroxyl groups is 1. The molecule has 27 heavy (non-hydrogen) atoms. The lowest BCUT2D eigenvalue weighted by molar-refractivity contribution is -0.142. The maximum atomic E-state index is 13.0. The van der Waals surface area contributed by atoms with Gasteiger partial charge in [-0.3, -0.25) is 9.69 Å². The minimum Gasteiger partial charge on any atom is -0.508 e. The van der Waals surface area contributed by atoms with Crippen LogP contribution in [0.1, 0.15) is 29.9 Å². The predicted octanol–water partition coefficient (Wildman–Crippen LogP) is 3.22. The summed E-state index contributed by atoms with van der Waals surface area (Å²) in [4.78, 5) is 20.8. The fraction of sp³-hybridized carbons (Fsp3) is 0.318. The second-order valence-electron chi connectivity index (χ2n) is 7.87. The van der Waals surface area contributed by atoms with Crippen LogP contribution in [0.5, 0.6) is 5.75 Å². The van der Waals surface area contributed by atoms with Crippen LogP contribution in [0.25, 0.3) is 10.9 Å². The number of para-hydroxylation sites is 1. The lowest BCUT2D eigenvalue weighted by Crippen LogP contribution is -2.59. The number of H-pyrrole nitrogens is 1. The number of phenolic OH excluding ortho intramolecular Hbond substituents is 1. The third-order valence-electron chi connectivity index (χ3n) is 5.98. The number of carbonyl (C=O) groups is 1. The summed E-state index contributed by atoms with van der Waals surface area (Å²) in [5.41, 5.74) is 5.40. The molecule has 2 aliphatic rings. The number of aromatic amines is 1. The van der Waals surface area contributed by atoms with Crippen molar-refractivity contribution in [3.63, 3.8) is 0 Å². The molecule has 1 amide bonds. The molecule has 3 aromatic rings. The highest BCUT2D eigenvalue weighted by molar-refractivity contribution is 5.87. The number of aryl methyl sites for hydroxylation is 1. The molecular formula is C22H25N3O2. The van der Waals surface area contributed by atoms with Crippen LogP contribution < -0.4 is 0 Å². The lowest BCUT2D eigenvalue weighted by atomic mass is 9.86. The van der Waals surface area contributed by atoms with Crippen LogP contribution in [-0.4, -0.2) is 52.0 Å². The Morgan fingerprint density at radius 1 is 1.22 bits per heavy atom. The van der Waals surface area contributed by atoms with Crippen LogP contribution in [0, 0.1) is 6.92 Å². The molecule has 2 aromatic carbocycles. The van der Waals surface area contributed by atoms with E-state index in [0.29, 0.717) is 6.54 Å². The fourth-order valence-electron chi connectivity index (χ4n) is 4.77. The molecule has 3 heterocycles. The zero-order valence-corrected chi connectivity index (χ0v) is 15.6. The third-order valence-corrected chi connectivity index (χ3v) is 5.98. The van der Waals surface area contributed by atoms with Crippen LogP contribution in [0.15, 0.2) is 42.5 Å². The molecule has 2 aliphatic heterocycles. The second-order valence-corrected chi connectivity index (χ2v) is 7.87. The Morgan fingerprint density at radius 3 is 2.85 bits per heavy atom. The van der Waals surface area contributed by atoms with Gasteiger partial charge in [0, 0.05) is 30.6 Å². The minimum atomic E-state index is -0.147. The van der Waals surface area contributed by atoms with Crippen molar-refractivity contribution in [2.75, 3.05) is 20.1 Å². The van der Waals surface area contributed by atoms with Gasteiger partial charge < -0.3 is 15.0 Å². The Morgan fingerprint density at radius 2 is 2.04 bits per heavy atom. The van der Waals surface area contributed by atoms with E-state index in [4.69, 9.17) is 0 Å². The number of nitrogens with zero attached hydrogens (tertiary/aromatic N) is 2. The van der Waals surface area contributed by atoms with Crippen LogP contribution in [0.4, 0.5) is 0 Å². The molecule has 1 fully saturated rings. The number of amides is 1. The number of fused-ring (bicyclic) bond motifs is 4. The van der Waals surface area contributed by atoms with E-state index in [1.54, 1.807) is 6.07 Å². The van der Waals surface area contributed by atoms with Gasteiger partial charge >= 0.3 is 0 Å². The summed E-state index contributed by atoms with van der Waals surface area (Å²) in [5.74, 6) is 0.446. The average Bonchev–Trinajstić information content (AvgIpc) is 3.00. The van der Waals surface area contributed by atoms with Crippen molar-refractivity contribution in [2.24, 2.45) is 0 Å². The van der Waals surface area contributed by atoms with Gasteiger partial charge in [0.15, 0.2) is 0 Å². The Hall–Kier alpha value is -2.79. The molecule has 0 spiro atoms. The van der Waals surface area contributed by atoms with E-state index in [1.807, 2.05) is 32.2 Å². The monoisotopic (exact) mass is 363 g/mol. The Kier molecular flexibility index (Phi) is 3.56. The summed E-state index contributed by atoms with van der Waals surface area (Å²) >= 11 is 0. The van der Waals surface area contributed by atoms with Gasteiger partial charge in [0.25, 0.3) is 0 Å². The number of aromatic nitrogens is 1. The number of hydrogen-bond donors (Lipinski definition) is 2. The predicted molar refractivity (Wildman–Crippen MR) is 107 cm³/mol. The highest BCUT2D eigenvalue weighted by atomic mass is 16.3. The Labute approximate surface area is 159 Å². The summed E-state index contributed by atoms with van der Waals surface area (Å²) < 4.78 is 0. The van der Waals surface area contributed by atoms with Crippen LogP contribution in [-0.2, 0) is 11.2 Å². The smallest absolute Gasteiger partial charge is 0.237 e. The molecule has 0 saturated carbocycles. The van der Waals surface area contributed by atoms with Gasteiger partial charge in [-0.1, -0.05) is 24.3 Å². The van der Waals surface area contributed by atoms with E-state index in [0.717, 1.165) is 35.3 Å². The minimum absolute atomic E-state index is 0. The van der Waals surface area contributed by atoms with Crippen molar-refractivity contribution in [3.8, 4) is 5.75 Å². The zero-order chi connectivity index (χ0) is 18.7. The van der Waals surface area contributed by atoms with E-state index in [2.05, 4.69) is 33.0 Å². The number of phenols is 1. The van der Waals surface area contributed by atoms with Crippen LogP contribution in [0.2, 0.25) is 0 Å². The second kappa shape index (κ2) is 5.86. The first-order chi connectivity index (χ1) is 13.0. The standard InChI is InChI=1S/C22H23N3O2.H2/c1-13-9-14(7-8-19(13)26)22-21-17(16-5-3-4-6-18(16)23-21)10-15-11-24(2)12-20(27)25(15)22;/h3-9,15,22-23,26H,10-12H2,1-2H3;1H/t15-,22-;/m1./s1. The molecule has 140 valence electrons. The summed E-state index contributed by atoms with van der Waals surface area (Å²) in [6.07, 6.45) is 0.864. The molecule has 2 N–H and O–H groups in total. The van der Waals surface area contributed by atoms with Gasteiger partial charge in [0.1, 0.15) is 5.75 Å². The first-order valence-corrected chi connectivity index (χ1v) is 9.41. The zero-order valence-electron chi connectivity index (χ0n) is 15.6. The van der Waals surface area contributed by atoms with Crippen molar-refractivity contribution < 1.29 is 11.3 Å². The molecule has 0 radical (unpaired) electrons. The molecule has 2 atom stereocenters. The summed E-state index contributed by atoms with van der Waals surface area (Å²) in [5, 5.41) is 11.2. The van der Waals surface area contributed by atoms with Crippen molar-refractivity contribution in [1.82, 2.24) is 14.8 Å². The third kappa shape index (κ3) is 2.46. The molecule has 0 aliphatic carbocycles. The van der Waals surface area contributed by atoms with Crippen molar-refractivity contribution in [1.29, 1.82) is 0 Å². The molecule has 5 rings (SSSR count). The SMILES string of the molecule is Cc1cc([C@@H]2c3[nH]c4ccccc4c3C[C@@H]3CN(C)CC(=O)N32)ccc1O.[HH]. The van der Waals surface area contributed by atoms with Crippen molar-refractivity contribution >= 4 is 16.8 Å². The number of carbonyl (C=O) groups excluding carboxylic acids is 1. The largest absolute Gasteiger partial charge is 0.508 e. The molecule has 1 saturated heterocycles. The van der Waals surface area contributed by atoms with Gasteiger partial charge in [0.2, 0.25) is 5.91 Å². The average molecular weight is 363 g/mol. The number of nitrogens with one attached hydrogen (secondary N) is 1. The molecule has 5 heteroatoms. The van der Waals surface area contributed by atoms with Gasteiger partial charge in [-0.15, -0.1) is 0 Å². The molecule has 1 aromatic heterocycles. The first-order valence-electron chi connectivity index (χ1n) is 9.41. The van der Waals surface area contributed by atoms with E-state index in [1.165, 1.54) is 10.9 Å². The van der Waals surface area contributed by atoms with E-state index in [9.17, 15) is 9.90 Å². The van der Waals surface area contributed by atoms with Crippen LogP contribution >= 0.6 is 0 Å². The number of hydrogen-bond acceptors (Lipinski definition) is 3. The number of benzene rings is 2. The summed E-state index contributed by atoms with van der Waals surface area (Å²) in [7, 11) is 2.01. The molecule has 0 unspecified atom stereocenters. The summed E-state index contributed by atoms with van der Waals surface area (Å²) in [6, 6.07) is 14.1. The maximum absolute atomic E-state index is 13.0. The normalized spacial score (nSPS) is 22.7. The van der Waals surface area contributed by atoms with Crippen molar-refractivity contribution in [2.45, 2.75) is 25.4 Å². The van der Waals surface area contributed by atoms with E-state index >= 15 is 0 Å². The topological polar surface area (TPSA) is 59.6 Å². The Balaban J connectivity index is 0.00000192. The molecule has 5 nitrogen and oxygen atoms in total. The number of rotatable bonds is 1. The lowest BCUT2D eigenvalue weighted by Gasteiger charge is -2.47. The van der Waals surface area contributed by atoms with Gasteiger partial charge in [0.05, 0.1) is 12.6 Å². The van der Waals surface area contributed by atoms with Gasteiger partial charge in [-0.05, 0) is 55.3 Å². The maximum Gasteiger partial charge on any atom is 0.237 e. The van der Waals surface area contributed by atoms with E-state index in [-0.39, 0.29) is 25.2 Å². The first kappa shape index (κ1) is 16.4.